The van der Waals surface area contributed by atoms with E-state index in [4.69, 9.17) is 27.9 Å². The fraction of sp³-hybridized carbons (Fsp3) is 0.360. The molecule has 0 bridgehead atoms. The Bertz CT molecular complexity index is 850. The topological polar surface area (TPSA) is 12.5 Å². The van der Waals surface area contributed by atoms with Crippen molar-refractivity contribution in [2.45, 2.75) is 57.9 Å². The molecule has 0 saturated heterocycles. The smallest absolute Gasteiger partial charge is 0.150 e. The molecule has 2 aromatic rings. The van der Waals surface area contributed by atoms with Gasteiger partial charge >= 0.3 is 0 Å². The average Bonchev–Trinajstić information content (AvgIpc) is 2.67. The molecule has 1 aliphatic heterocycles. The van der Waals surface area contributed by atoms with Crippen molar-refractivity contribution in [2.75, 3.05) is 0 Å². The third-order valence-corrected chi connectivity index (χ3v) is 5.64. The molecule has 0 aliphatic carbocycles. The van der Waals surface area contributed by atoms with E-state index >= 15 is 0 Å². The number of hydrogen-bond donors (Lipinski definition) is 0. The number of halogens is 2. The normalized spacial score (nSPS) is 18.7. The third-order valence-electron chi connectivity index (χ3n) is 5.13. The van der Waals surface area contributed by atoms with Gasteiger partial charge in [0, 0.05) is 28.2 Å². The molecule has 0 fully saturated rings. The zero-order valence-corrected chi connectivity index (χ0v) is 19.0. The van der Waals surface area contributed by atoms with Crippen LogP contribution in [0.2, 0.25) is 10.0 Å². The Hall–Kier alpha value is -1.74. The van der Waals surface area contributed by atoms with Crippen LogP contribution in [-0.2, 0) is 11.2 Å². The molecule has 1 heterocycles. The second kappa shape index (κ2) is 9.38. The number of rotatable bonds is 6. The molecule has 0 aromatic heterocycles. The van der Waals surface area contributed by atoms with Crippen molar-refractivity contribution < 1.29 is 4.74 Å². The lowest BCUT2D eigenvalue weighted by Crippen LogP contribution is -2.45. The molecule has 0 radical (unpaired) electrons. The lowest BCUT2D eigenvalue weighted by Gasteiger charge is -2.42. The van der Waals surface area contributed by atoms with Crippen molar-refractivity contribution in [1.82, 2.24) is 4.90 Å². The standard InChI is InChI=1S/C25H29Cl2NO/c1-18(28-16-6-5-7-24(28)29-25(2,3)4)23(20-10-14-22(27)15-11-20)17-19-8-12-21(26)13-9-19/h5-16,18,23-24H,17H2,1-4H3. The van der Waals surface area contributed by atoms with E-state index in [2.05, 4.69) is 81.3 Å². The molecule has 4 heteroatoms. The Labute approximate surface area is 184 Å². The fourth-order valence-electron chi connectivity index (χ4n) is 3.68. The van der Waals surface area contributed by atoms with E-state index in [1.54, 1.807) is 0 Å². The lowest BCUT2D eigenvalue weighted by molar-refractivity contribution is -0.105. The summed E-state index contributed by atoms with van der Waals surface area (Å²) in [6.07, 6.45) is 9.16. The minimum atomic E-state index is -0.232. The molecular weight excluding hydrogens is 401 g/mol. The van der Waals surface area contributed by atoms with Gasteiger partial charge in [-0.25, -0.2) is 0 Å². The van der Waals surface area contributed by atoms with E-state index in [0.29, 0.717) is 0 Å². The fourth-order valence-corrected chi connectivity index (χ4v) is 3.93. The van der Waals surface area contributed by atoms with Gasteiger partial charge in [-0.2, -0.15) is 0 Å². The first-order valence-corrected chi connectivity index (χ1v) is 10.8. The van der Waals surface area contributed by atoms with Crippen molar-refractivity contribution in [3.63, 3.8) is 0 Å². The van der Waals surface area contributed by atoms with Crippen molar-refractivity contribution in [2.24, 2.45) is 0 Å². The minimum absolute atomic E-state index is 0.102. The van der Waals surface area contributed by atoms with Gasteiger partial charge in [-0.3, -0.25) is 0 Å². The summed E-state index contributed by atoms with van der Waals surface area (Å²) in [5, 5.41) is 1.51. The zero-order valence-electron chi connectivity index (χ0n) is 17.5. The predicted molar refractivity (Wildman–Crippen MR) is 124 cm³/mol. The van der Waals surface area contributed by atoms with Gasteiger partial charge in [0.15, 0.2) is 0 Å². The average molecular weight is 430 g/mol. The van der Waals surface area contributed by atoms with Gasteiger partial charge in [0.05, 0.1) is 5.60 Å². The highest BCUT2D eigenvalue weighted by Gasteiger charge is 2.30. The van der Waals surface area contributed by atoms with Gasteiger partial charge in [0.1, 0.15) is 6.23 Å². The summed E-state index contributed by atoms with van der Waals surface area (Å²) in [5.74, 6) is 0.260. The summed E-state index contributed by atoms with van der Waals surface area (Å²) in [6, 6.07) is 16.5. The van der Waals surface area contributed by atoms with E-state index in [-0.39, 0.29) is 23.8 Å². The van der Waals surface area contributed by atoms with Gasteiger partial charge < -0.3 is 9.64 Å². The van der Waals surface area contributed by atoms with Crippen LogP contribution in [0.5, 0.6) is 0 Å². The number of nitrogens with zero attached hydrogens (tertiary/aromatic N) is 1. The highest BCUT2D eigenvalue weighted by atomic mass is 35.5. The van der Waals surface area contributed by atoms with Gasteiger partial charge in [0.25, 0.3) is 0 Å². The maximum absolute atomic E-state index is 6.33. The van der Waals surface area contributed by atoms with Crippen LogP contribution in [0.4, 0.5) is 0 Å². The van der Waals surface area contributed by atoms with Crippen molar-refractivity contribution in [3.05, 3.63) is 94.1 Å². The molecule has 1 aliphatic rings. The lowest BCUT2D eigenvalue weighted by atomic mass is 9.85. The monoisotopic (exact) mass is 429 g/mol. The molecule has 2 aromatic carbocycles. The Balaban J connectivity index is 1.91. The van der Waals surface area contributed by atoms with E-state index in [0.717, 1.165) is 16.5 Å². The van der Waals surface area contributed by atoms with Crippen LogP contribution in [0.1, 0.15) is 44.7 Å². The summed E-state index contributed by atoms with van der Waals surface area (Å²) in [6.45, 7) is 8.53. The first-order valence-electron chi connectivity index (χ1n) is 10.0. The van der Waals surface area contributed by atoms with Crippen LogP contribution in [0.15, 0.2) is 73.0 Å². The molecule has 0 saturated carbocycles. The third kappa shape index (κ3) is 6.12. The SMILES string of the molecule is CC(C(Cc1ccc(Cl)cc1)c1ccc(Cl)cc1)N1C=CC=CC1OC(C)(C)C. The molecule has 154 valence electrons. The van der Waals surface area contributed by atoms with Crippen LogP contribution in [-0.4, -0.2) is 22.8 Å². The second-order valence-corrected chi connectivity index (χ2v) is 9.40. The summed E-state index contributed by atoms with van der Waals surface area (Å²) in [7, 11) is 0. The van der Waals surface area contributed by atoms with Gasteiger partial charge in [-0.15, -0.1) is 0 Å². The predicted octanol–water partition coefficient (Wildman–Crippen LogP) is 7.23. The van der Waals surface area contributed by atoms with E-state index in [1.807, 2.05) is 24.3 Å². The summed E-state index contributed by atoms with van der Waals surface area (Å²) in [4.78, 5) is 2.31. The largest absolute Gasteiger partial charge is 0.349 e. The second-order valence-electron chi connectivity index (χ2n) is 8.52. The highest BCUT2D eigenvalue weighted by molar-refractivity contribution is 6.30. The van der Waals surface area contributed by atoms with Crippen LogP contribution >= 0.6 is 23.2 Å². The number of benzene rings is 2. The molecule has 3 unspecified atom stereocenters. The first kappa shape index (κ1) is 22.0. The van der Waals surface area contributed by atoms with Crippen molar-refractivity contribution in [3.8, 4) is 0 Å². The summed E-state index contributed by atoms with van der Waals surface area (Å²) < 4.78 is 6.33. The minimum Gasteiger partial charge on any atom is -0.349 e. The van der Waals surface area contributed by atoms with Crippen molar-refractivity contribution in [1.29, 1.82) is 0 Å². The molecule has 29 heavy (non-hydrogen) atoms. The van der Waals surface area contributed by atoms with E-state index in [1.165, 1.54) is 11.1 Å². The molecule has 3 rings (SSSR count). The molecule has 0 spiro atoms. The van der Waals surface area contributed by atoms with Gasteiger partial charge in [-0.05, 0) is 81.7 Å². The number of hydrogen-bond acceptors (Lipinski definition) is 2. The van der Waals surface area contributed by atoms with Crippen LogP contribution in [0.3, 0.4) is 0 Å². The maximum Gasteiger partial charge on any atom is 0.150 e. The molecule has 0 amide bonds. The number of ether oxygens (including phenoxy) is 1. The maximum atomic E-state index is 6.33. The quantitative estimate of drug-likeness (QED) is 0.479. The molecule has 2 nitrogen and oxygen atoms in total. The molecule has 3 atom stereocenters. The first-order chi connectivity index (χ1) is 13.7. The van der Waals surface area contributed by atoms with Crippen LogP contribution in [0, 0.1) is 0 Å². The highest BCUT2D eigenvalue weighted by Crippen LogP contribution is 2.32. The van der Waals surface area contributed by atoms with Gasteiger partial charge in [-0.1, -0.05) is 53.5 Å². The van der Waals surface area contributed by atoms with Crippen LogP contribution < -0.4 is 0 Å². The van der Waals surface area contributed by atoms with E-state index in [9.17, 15) is 0 Å². The molecular formula is C25H29Cl2NO. The Kier molecular flexibility index (Phi) is 7.10. The summed E-state index contributed by atoms with van der Waals surface area (Å²) in [5.41, 5.74) is 2.28. The van der Waals surface area contributed by atoms with E-state index < -0.39 is 0 Å². The zero-order chi connectivity index (χ0) is 21.0. The van der Waals surface area contributed by atoms with Gasteiger partial charge in [0.2, 0.25) is 0 Å². The van der Waals surface area contributed by atoms with Crippen molar-refractivity contribution >= 4 is 23.2 Å². The molecule has 0 N–H and O–H groups in total. The Morgan fingerprint density at radius 2 is 1.52 bits per heavy atom. The Morgan fingerprint density at radius 3 is 2.10 bits per heavy atom. The Morgan fingerprint density at radius 1 is 0.931 bits per heavy atom. The van der Waals surface area contributed by atoms with Crippen LogP contribution in [0.25, 0.3) is 0 Å². The number of allylic oxidation sites excluding steroid dienone is 2. The summed E-state index contributed by atoms with van der Waals surface area (Å²) >= 11 is 12.2.